The Morgan fingerprint density at radius 1 is 1.45 bits per heavy atom. The fourth-order valence-electron chi connectivity index (χ4n) is 0.693. The third kappa shape index (κ3) is 2.76. The molecule has 0 aromatic rings. The molecular formula is C6H12O4S. The summed E-state index contributed by atoms with van der Waals surface area (Å²) < 4.78 is 26.5. The van der Waals surface area contributed by atoms with Gasteiger partial charge in [0, 0.05) is 6.61 Å². The van der Waals surface area contributed by atoms with E-state index in [0.29, 0.717) is 6.42 Å². The van der Waals surface area contributed by atoms with Gasteiger partial charge in [0.05, 0.1) is 11.9 Å². The van der Waals surface area contributed by atoms with Gasteiger partial charge >= 0.3 is 0 Å². The van der Waals surface area contributed by atoms with Crippen molar-refractivity contribution in [2.24, 2.45) is 0 Å². The molecule has 4 nitrogen and oxygen atoms in total. The molecule has 0 bridgehead atoms. The van der Waals surface area contributed by atoms with Crippen molar-refractivity contribution in [3.8, 4) is 0 Å². The highest BCUT2D eigenvalue weighted by atomic mass is 32.2. The Kier molecular flexibility index (Phi) is 2.86. The molecule has 0 radical (unpaired) electrons. The molecule has 1 aliphatic rings. The topological polar surface area (TPSA) is 63.6 Å². The van der Waals surface area contributed by atoms with Crippen molar-refractivity contribution >= 4 is 10.1 Å². The first kappa shape index (κ1) is 8.96. The molecular weight excluding hydrogens is 168 g/mol. The van der Waals surface area contributed by atoms with Crippen molar-refractivity contribution in [2.45, 2.75) is 24.5 Å². The summed E-state index contributed by atoms with van der Waals surface area (Å²) in [4.78, 5) is 0. The molecule has 0 unspecified atom stereocenters. The number of aliphatic hydroxyl groups excluding tert-OH is 1. The van der Waals surface area contributed by atoms with Crippen LogP contribution in [0.5, 0.6) is 0 Å². The normalized spacial score (nSPS) is 18.6. The molecule has 5 heteroatoms. The van der Waals surface area contributed by atoms with E-state index in [0.717, 1.165) is 12.8 Å². The molecule has 1 N–H and O–H groups in total. The highest BCUT2D eigenvalue weighted by Gasteiger charge is 2.36. The van der Waals surface area contributed by atoms with E-state index in [1.54, 1.807) is 0 Å². The van der Waals surface area contributed by atoms with Gasteiger partial charge in [0.25, 0.3) is 10.1 Å². The summed E-state index contributed by atoms with van der Waals surface area (Å²) in [5.74, 6) is 0. The number of rotatable bonds is 5. The quantitative estimate of drug-likeness (QED) is 0.473. The van der Waals surface area contributed by atoms with Crippen LogP contribution in [-0.2, 0) is 14.3 Å². The van der Waals surface area contributed by atoms with Crippen molar-refractivity contribution < 1.29 is 17.7 Å². The molecule has 0 heterocycles. The fraction of sp³-hybridized carbons (Fsp3) is 1.00. The minimum Gasteiger partial charge on any atom is -0.396 e. The zero-order valence-electron chi connectivity index (χ0n) is 6.19. The van der Waals surface area contributed by atoms with Crippen LogP contribution in [0.25, 0.3) is 0 Å². The largest absolute Gasteiger partial charge is 0.396 e. The summed E-state index contributed by atoms with van der Waals surface area (Å²) in [5, 5.41) is 8.08. The summed E-state index contributed by atoms with van der Waals surface area (Å²) in [5.41, 5.74) is 0. The van der Waals surface area contributed by atoms with E-state index < -0.39 is 10.1 Å². The Bertz CT molecular complexity index is 205. The van der Waals surface area contributed by atoms with Crippen molar-refractivity contribution in [3.63, 3.8) is 0 Å². The van der Waals surface area contributed by atoms with Gasteiger partial charge in [-0.05, 0) is 19.3 Å². The predicted molar refractivity (Wildman–Crippen MR) is 39.6 cm³/mol. The zero-order valence-corrected chi connectivity index (χ0v) is 7.01. The van der Waals surface area contributed by atoms with E-state index >= 15 is 0 Å². The van der Waals surface area contributed by atoms with Gasteiger partial charge in [-0.2, -0.15) is 8.42 Å². The molecule has 0 atom stereocenters. The standard InChI is InChI=1S/C6H12O4S/c7-4-1-5-10-11(8,9)6-2-3-6/h6-7H,1-5H2. The monoisotopic (exact) mass is 180 g/mol. The van der Waals surface area contributed by atoms with Gasteiger partial charge < -0.3 is 5.11 Å². The average molecular weight is 180 g/mol. The summed E-state index contributed by atoms with van der Waals surface area (Å²) in [7, 11) is -3.27. The SMILES string of the molecule is O=S(=O)(OCCCO)C1CC1. The van der Waals surface area contributed by atoms with Gasteiger partial charge in [-0.3, -0.25) is 4.18 Å². The van der Waals surface area contributed by atoms with Gasteiger partial charge in [-0.1, -0.05) is 0 Å². The summed E-state index contributed by atoms with van der Waals surface area (Å²) in [6.07, 6.45) is 1.83. The first-order chi connectivity index (χ1) is 5.17. The Hall–Kier alpha value is -0.130. The van der Waals surface area contributed by atoms with Crippen LogP contribution in [0.2, 0.25) is 0 Å². The lowest BCUT2D eigenvalue weighted by atomic mass is 10.5. The Morgan fingerprint density at radius 3 is 2.55 bits per heavy atom. The molecule has 66 valence electrons. The first-order valence-corrected chi connectivity index (χ1v) is 5.13. The summed E-state index contributed by atoms with van der Waals surface area (Å²) >= 11 is 0. The van der Waals surface area contributed by atoms with Crippen LogP contribution in [-0.4, -0.2) is 32.0 Å². The molecule has 1 rings (SSSR count). The third-order valence-corrected chi connectivity index (χ3v) is 3.27. The molecule has 1 fully saturated rings. The van der Waals surface area contributed by atoms with Crippen molar-refractivity contribution in [1.82, 2.24) is 0 Å². The number of aliphatic hydroxyl groups is 1. The van der Waals surface area contributed by atoms with Gasteiger partial charge in [-0.15, -0.1) is 0 Å². The zero-order chi connectivity index (χ0) is 8.32. The molecule has 1 aliphatic carbocycles. The second-order valence-corrected chi connectivity index (χ2v) is 4.48. The minimum absolute atomic E-state index is 0.0276. The van der Waals surface area contributed by atoms with Crippen LogP contribution in [0, 0.1) is 0 Å². The molecule has 0 aromatic carbocycles. The molecule has 11 heavy (non-hydrogen) atoms. The van der Waals surface area contributed by atoms with E-state index in [1.165, 1.54) is 0 Å². The second-order valence-electron chi connectivity index (χ2n) is 2.59. The third-order valence-electron chi connectivity index (χ3n) is 1.48. The van der Waals surface area contributed by atoms with Crippen LogP contribution >= 0.6 is 0 Å². The van der Waals surface area contributed by atoms with Crippen LogP contribution in [0.3, 0.4) is 0 Å². The lowest BCUT2D eigenvalue weighted by molar-refractivity contribution is 0.236. The lowest BCUT2D eigenvalue weighted by Gasteiger charge is -2.01. The highest BCUT2D eigenvalue weighted by molar-refractivity contribution is 7.87. The van der Waals surface area contributed by atoms with Crippen molar-refractivity contribution in [2.75, 3.05) is 13.2 Å². The molecule has 0 spiro atoms. The van der Waals surface area contributed by atoms with Gasteiger partial charge in [0.15, 0.2) is 0 Å². The lowest BCUT2D eigenvalue weighted by Crippen LogP contribution is -2.12. The predicted octanol–water partition coefficient (Wildman–Crippen LogP) is -0.122. The second kappa shape index (κ2) is 3.51. The van der Waals surface area contributed by atoms with Gasteiger partial charge in [0.2, 0.25) is 0 Å². The maximum absolute atomic E-state index is 11.0. The van der Waals surface area contributed by atoms with E-state index in [4.69, 9.17) is 5.11 Å². The van der Waals surface area contributed by atoms with Crippen molar-refractivity contribution in [3.05, 3.63) is 0 Å². The van der Waals surface area contributed by atoms with Crippen LogP contribution < -0.4 is 0 Å². The molecule has 0 amide bonds. The molecule has 0 aliphatic heterocycles. The summed E-state index contributed by atoms with van der Waals surface area (Å²) in [6, 6.07) is 0. The van der Waals surface area contributed by atoms with Gasteiger partial charge in [-0.25, -0.2) is 0 Å². The molecule has 0 saturated heterocycles. The minimum atomic E-state index is -3.27. The van der Waals surface area contributed by atoms with E-state index in [2.05, 4.69) is 4.18 Å². The smallest absolute Gasteiger partial charge is 0.270 e. The van der Waals surface area contributed by atoms with Crippen LogP contribution in [0.4, 0.5) is 0 Å². The van der Waals surface area contributed by atoms with Crippen molar-refractivity contribution in [1.29, 1.82) is 0 Å². The molecule has 1 saturated carbocycles. The van der Waals surface area contributed by atoms with E-state index in [-0.39, 0.29) is 18.5 Å². The Labute approximate surface area is 66.3 Å². The van der Waals surface area contributed by atoms with Crippen LogP contribution in [0.1, 0.15) is 19.3 Å². The van der Waals surface area contributed by atoms with E-state index in [9.17, 15) is 8.42 Å². The van der Waals surface area contributed by atoms with Gasteiger partial charge in [0.1, 0.15) is 0 Å². The number of hydrogen-bond acceptors (Lipinski definition) is 4. The first-order valence-electron chi connectivity index (χ1n) is 3.66. The number of hydrogen-bond donors (Lipinski definition) is 1. The average Bonchev–Trinajstić information content (AvgIpc) is 2.68. The highest BCUT2D eigenvalue weighted by Crippen LogP contribution is 2.29. The molecule has 0 aromatic heterocycles. The van der Waals surface area contributed by atoms with E-state index in [1.807, 2.05) is 0 Å². The Morgan fingerprint density at radius 2 is 2.09 bits per heavy atom. The maximum atomic E-state index is 11.0. The maximum Gasteiger partial charge on any atom is 0.270 e. The fourth-order valence-corrected chi connectivity index (χ4v) is 1.95. The summed E-state index contributed by atoms with van der Waals surface area (Å²) in [6.45, 7) is 0.0789. The Balaban J connectivity index is 2.23. The van der Waals surface area contributed by atoms with Crippen LogP contribution in [0.15, 0.2) is 0 Å².